The molecule has 4 rings (SSSR count). The molecular formula is C27H27N5O3. The number of fused-ring (bicyclic) bond motifs is 1. The summed E-state index contributed by atoms with van der Waals surface area (Å²) in [6.45, 7) is 6.42. The maximum Gasteiger partial charge on any atom is 0.407 e. The molecule has 2 aromatic carbocycles. The Hall–Kier alpha value is -4.46. The molecule has 0 spiro atoms. The van der Waals surface area contributed by atoms with E-state index in [9.17, 15) is 4.79 Å². The number of pyridine rings is 1. The number of carbonyl (C=O) groups excluding carboxylic acids is 1. The van der Waals surface area contributed by atoms with Crippen molar-refractivity contribution in [3.05, 3.63) is 84.0 Å². The van der Waals surface area contributed by atoms with Crippen molar-refractivity contribution in [3.8, 4) is 11.5 Å². The third-order valence-corrected chi connectivity index (χ3v) is 5.16. The van der Waals surface area contributed by atoms with Crippen molar-refractivity contribution in [3.63, 3.8) is 0 Å². The van der Waals surface area contributed by atoms with Crippen LogP contribution in [0.5, 0.6) is 11.5 Å². The minimum absolute atomic E-state index is 0.343. The summed E-state index contributed by atoms with van der Waals surface area (Å²) in [5.74, 6) is 2.16. The van der Waals surface area contributed by atoms with Gasteiger partial charge in [0.15, 0.2) is 0 Å². The summed E-state index contributed by atoms with van der Waals surface area (Å²) < 4.78 is 10.8. The number of ether oxygens (including phenoxy) is 2. The lowest BCUT2D eigenvalue weighted by Gasteiger charge is -2.12. The minimum atomic E-state index is -0.433. The lowest BCUT2D eigenvalue weighted by molar-refractivity contribution is 0.153. The molecule has 8 nitrogen and oxygen atoms in total. The summed E-state index contributed by atoms with van der Waals surface area (Å²) in [5.41, 5.74) is 4.60. The molecule has 0 aliphatic rings. The van der Waals surface area contributed by atoms with E-state index in [0.717, 1.165) is 39.2 Å². The maximum atomic E-state index is 11.4. The van der Waals surface area contributed by atoms with Crippen molar-refractivity contribution < 1.29 is 14.3 Å². The van der Waals surface area contributed by atoms with Gasteiger partial charge in [0.1, 0.15) is 23.6 Å². The van der Waals surface area contributed by atoms with Gasteiger partial charge in [-0.15, -0.1) is 0 Å². The molecule has 0 aliphatic heterocycles. The standard InChI is InChI=1S/C27H27N5O3/c1-4-34-27(33)28-13-5-6-20-8-11-24-23(15-20)26(31-17-30-24)32-21-9-12-25(18(2)14-21)35-22-10-7-19(3)29-16-22/h5-12,14-17H,4,13H2,1-3H3,(H,28,33)(H,30,31,32)/b6-5+. The molecule has 2 aromatic heterocycles. The number of carbonyl (C=O) groups is 1. The smallest absolute Gasteiger partial charge is 0.407 e. The molecule has 178 valence electrons. The van der Waals surface area contributed by atoms with Gasteiger partial charge in [-0.1, -0.05) is 18.2 Å². The van der Waals surface area contributed by atoms with E-state index in [2.05, 4.69) is 25.6 Å². The topological polar surface area (TPSA) is 98.3 Å². The molecule has 0 unspecified atom stereocenters. The Labute approximate surface area is 204 Å². The molecule has 0 atom stereocenters. The van der Waals surface area contributed by atoms with Crippen LogP contribution in [0.3, 0.4) is 0 Å². The number of benzene rings is 2. The van der Waals surface area contributed by atoms with E-state index < -0.39 is 6.09 Å². The number of nitrogens with zero attached hydrogens (tertiary/aromatic N) is 3. The fourth-order valence-corrected chi connectivity index (χ4v) is 3.42. The predicted octanol–water partition coefficient (Wildman–Crippen LogP) is 5.94. The normalized spacial score (nSPS) is 10.9. The van der Waals surface area contributed by atoms with Crippen LogP contribution < -0.4 is 15.4 Å². The third-order valence-electron chi connectivity index (χ3n) is 5.16. The van der Waals surface area contributed by atoms with Crippen molar-refractivity contribution in [2.45, 2.75) is 20.8 Å². The van der Waals surface area contributed by atoms with Crippen molar-refractivity contribution in [2.75, 3.05) is 18.5 Å². The van der Waals surface area contributed by atoms with Crippen molar-refractivity contribution in [1.29, 1.82) is 0 Å². The van der Waals surface area contributed by atoms with Crippen LogP contribution in [-0.2, 0) is 4.74 Å². The zero-order chi connectivity index (χ0) is 24.6. The van der Waals surface area contributed by atoms with Crippen LogP contribution in [-0.4, -0.2) is 34.2 Å². The summed E-state index contributed by atoms with van der Waals surface area (Å²) in [4.78, 5) is 24.5. The number of hydrogen-bond acceptors (Lipinski definition) is 7. The highest BCUT2D eigenvalue weighted by atomic mass is 16.5. The number of alkyl carbamates (subject to hydrolysis) is 1. The van der Waals surface area contributed by atoms with Crippen molar-refractivity contribution in [2.24, 2.45) is 0 Å². The Kier molecular flexibility index (Phi) is 7.52. The monoisotopic (exact) mass is 469 g/mol. The third kappa shape index (κ3) is 6.32. The second-order valence-corrected chi connectivity index (χ2v) is 7.85. The highest BCUT2D eigenvalue weighted by Gasteiger charge is 2.08. The lowest BCUT2D eigenvalue weighted by Crippen LogP contribution is -2.24. The minimum Gasteiger partial charge on any atom is -0.455 e. The molecule has 35 heavy (non-hydrogen) atoms. The van der Waals surface area contributed by atoms with Crippen LogP contribution in [0.1, 0.15) is 23.7 Å². The molecule has 2 heterocycles. The van der Waals surface area contributed by atoms with Gasteiger partial charge >= 0.3 is 6.09 Å². The Morgan fingerprint density at radius 1 is 1.03 bits per heavy atom. The van der Waals surface area contributed by atoms with E-state index in [1.54, 1.807) is 13.1 Å². The average molecular weight is 470 g/mol. The molecule has 8 heteroatoms. The van der Waals surface area contributed by atoms with E-state index in [1.807, 2.05) is 74.5 Å². The second kappa shape index (κ2) is 11.1. The van der Waals surface area contributed by atoms with Gasteiger partial charge in [0.25, 0.3) is 0 Å². The van der Waals surface area contributed by atoms with Gasteiger partial charge < -0.3 is 20.1 Å². The molecule has 0 aliphatic carbocycles. The predicted molar refractivity (Wildman–Crippen MR) is 137 cm³/mol. The number of anilines is 2. The van der Waals surface area contributed by atoms with Gasteiger partial charge in [0.05, 0.1) is 18.3 Å². The van der Waals surface area contributed by atoms with E-state index in [1.165, 1.54) is 6.33 Å². The van der Waals surface area contributed by atoms with Gasteiger partial charge in [-0.3, -0.25) is 4.98 Å². The molecule has 4 aromatic rings. The van der Waals surface area contributed by atoms with Gasteiger partial charge in [0.2, 0.25) is 0 Å². The van der Waals surface area contributed by atoms with Gasteiger partial charge in [-0.25, -0.2) is 14.8 Å². The van der Waals surface area contributed by atoms with Gasteiger partial charge in [0, 0.05) is 23.3 Å². The fourth-order valence-electron chi connectivity index (χ4n) is 3.42. The lowest BCUT2D eigenvalue weighted by atomic mass is 10.1. The summed E-state index contributed by atoms with van der Waals surface area (Å²) >= 11 is 0. The largest absolute Gasteiger partial charge is 0.455 e. The van der Waals surface area contributed by atoms with E-state index in [4.69, 9.17) is 9.47 Å². The maximum absolute atomic E-state index is 11.4. The number of aryl methyl sites for hydroxylation is 2. The Morgan fingerprint density at radius 3 is 2.69 bits per heavy atom. The van der Waals surface area contributed by atoms with Gasteiger partial charge in [-0.05, 0) is 74.4 Å². The first-order valence-corrected chi connectivity index (χ1v) is 11.3. The van der Waals surface area contributed by atoms with Crippen LogP contribution in [0.4, 0.5) is 16.3 Å². The van der Waals surface area contributed by atoms with Crippen molar-refractivity contribution in [1.82, 2.24) is 20.3 Å². The highest BCUT2D eigenvalue weighted by molar-refractivity contribution is 5.92. The fraction of sp³-hybridized carbons (Fsp3) is 0.185. The van der Waals surface area contributed by atoms with E-state index >= 15 is 0 Å². The van der Waals surface area contributed by atoms with Crippen LogP contribution in [0.15, 0.2) is 67.1 Å². The zero-order valence-electron chi connectivity index (χ0n) is 19.9. The van der Waals surface area contributed by atoms with Crippen molar-refractivity contribution >= 4 is 34.6 Å². The van der Waals surface area contributed by atoms with E-state index in [0.29, 0.717) is 24.7 Å². The average Bonchev–Trinajstić information content (AvgIpc) is 2.85. The molecule has 0 saturated heterocycles. The quantitative estimate of drug-likeness (QED) is 0.330. The summed E-state index contributed by atoms with van der Waals surface area (Å²) in [7, 11) is 0. The molecule has 0 radical (unpaired) electrons. The summed E-state index contributed by atoms with van der Waals surface area (Å²) in [6.07, 6.45) is 6.61. The molecule has 0 fully saturated rings. The summed E-state index contributed by atoms with van der Waals surface area (Å²) in [6, 6.07) is 15.6. The molecule has 2 N–H and O–H groups in total. The SMILES string of the molecule is CCOC(=O)NC/C=C/c1ccc2ncnc(Nc3ccc(Oc4ccc(C)nc4)c(C)c3)c2c1. The number of aromatic nitrogens is 3. The molecule has 1 amide bonds. The number of rotatable bonds is 8. The number of amides is 1. The number of nitrogens with one attached hydrogen (secondary N) is 2. The van der Waals surface area contributed by atoms with Crippen LogP contribution in [0.25, 0.3) is 17.0 Å². The Bertz CT molecular complexity index is 1350. The second-order valence-electron chi connectivity index (χ2n) is 7.85. The van der Waals surface area contributed by atoms with Crippen LogP contribution in [0.2, 0.25) is 0 Å². The molecule has 0 saturated carbocycles. The highest BCUT2D eigenvalue weighted by Crippen LogP contribution is 2.30. The molecule has 0 bridgehead atoms. The first-order valence-electron chi connectivity index (χ1n) is 11.3. The first kappa shape index (κ1) is 23.7. The van der Waals surface area contributed by atoms with Crippen LogP contribution >= 0.6 is 0 Å². The molecular weight excluding hydrogens is 442 g/mol. The summed E-state index contributed by atoms with van der Waals surface area (Å²) in [5, 5.41) is 6.94. The Morgan fingerprint density at radius 2 is 1.91 bits per heavy atom. The Balaban J connectivity index is 1.49. The van der Waals surface area contributed by atoms with Gasteiger partial charge in [-0.2, -0.15) is 0 Å². The number of hydrogen-bond donors (Lipinski definition) is 2. The zero-order valence-corrected chi connectivity index (χ0v) is 19.9. The van der Waals surface area contributed by atoms with E-state index in [-0.39, 0.29) is 0 Å². The first-order chi connectivity index (χ1) is 17.0. The van der Waals surface area contributed by atoms with Crippen LogP contribution in [0, 0.1) is 13.8 Å².